The maximum absolute atomic E-state index is 11.5. The summed E-state index contributed by atoms with van der Waals surface area (Å²) in [4.78, 5) is 16.9. The van der Waals surface area contributed by atoms with Gasteiger partial charge < -0.3 is 10.1 Å². The van der Waals surface area contributed by atoms with Gasteiger partial charge in [0.2, 0.25) is 0 Å². The zero-order valence-electron chi connectivity index (χ0n) is 8.03. The first-order valence-corrected chi connectivity index (χ1v) is 5.34. The van der Waals surface area contributed by atoms with E-state index in [2.05, 4.69) is 10.3 Å². The number of hydrogen-bond donors (Lipinski definition) is 1. The highest BCUT2D eigenvalue weighted by molar-refractivity contribution is 7.11. The first kappa shape index (κ1) is 8.67. The predicted molar refractivity (Wildman–Crippen MR) is 57.9 cm³/mol. The molecule has 0 fully saturated rings. The number of aliphatic imine (C=N–C) groups is 1. The van der Waals surface area contributed by atoms with Gasteiger partial charge in [-0.25, -0.2) is 9.79 Å². The molecule has 0 amide bonds. The van der Waals surface area contributed by atoms with Gasteiger partial charge in [-0.05, 0) is 5.56 Å². The van der Waals surface area contributed by atoms with E-state index in [1.807, 2.05) is 0 Å². The summed E-state index contributed by atoms with van der Waals surface area (Å²) < 4.78 is 5.66. The fraction of sp³-hybridized carbons (Fsp3) is 0.200. The zero-order valence-corrected chi connectivity index (χ0v) is 8.85. The van der Waals surface area contributed by atoms with Crippen LogP contribution in [0.4, 0.5) is 0 Å². The third-order valence-corrected chi connectivity index (χ3v) is 3.71. The van der Waals surface area contributed by atoms with Crippen molar-refractivity contribution in [3.63, 3.8) is 0 Å². The number of carbonyl (C=O) groups is 1. The summed E-state index contributed by atoms with van der Waals surface area (Å²) in [7, 11) is 1.38. The van der Waals surface area contributed by atoms with E-state index in [0.717, 1.165) is 16.2 Å². The van der Waals surface area contributed by atoms with Crippen LogP contribution in [0.3, 0.4) is 0 Å². The van der Waals surface area contributed by atoms with Crippen molar-refractivity contribution in [2.75, 3.05) is 7.11 Å². The van der Waals surface area contributed by atoms with Crippen molar-refractivity contribution in [1.29, 1.82) is 0 Å². The molecule has 15 heavy (non-hydrogen) atoms. The van der Waals surface area contributed by atoms with E-state index in [-0.39, 0.29) is 5.97 Å². The molecular formula is C10H8N2O2S. The molecule has 1 N–H and O–H groups in total. The lowest BCUT2D eigenvalue weighted by atomic mass is 10.3. The molecule has 76 valence electrons. The second-order valence-corrected chi connectivity index (χ2v) is 4.45. The Hall–Kier alpha value is -1.62. The number of rotatable bonds is 1. The Morgan fingerprint density at radius 1 is 1.67 bits per heavy atom. The molecule has 0 bridgehead atoms. The van der Waals surface area contributed by atoms with Crippen LogP contribution < -0.4 is 15.1 Å². The Kier molecular flexibility index (Phi) is 1.70. The van der Waals surface area contributed by atoms with E-state index in [9.17, 15) is 4.79 Å². The molecule has 3 rings (SSSR count). The highest BCUT2D eigenvalue weighted by Crippen LogP contribution is 2.26. The second kappa shape index (κ2) is 2.93. The summed E-state index contributed by atoms with van der Waals surface area (Å²) in [6, 6.07) is 0. The molecule has 0 saturated heterocycles. The normalized spacial score (nSPS) is 15.7. The van der Waals surface area contributed by atoms with Gasteiger partial charge in [-0.15, -0.1) is 11.3 Å². The van der Waals surface area contributed by atoms with Gasteiger partial charge in [-0.2, -0.15) is 0 Å². The van der Waals surface area contributed by atoms with Gasteiger partial charge in [0.25, 0.3) is 0 Å². The van der Waals surface area contributed by atoms with Crippen LogP contribution in [0.15, 0.2) is 4.99 Å². The molecule has 0 radical (unpaired) electrons. The molecule has 0 unspecified atom stereocenters. The van der Waals surface area contributed by atoms with Gasteiger partial charge in [-0.3, -0.25) is 0 Å². The summed E-state index contributed by atoms with van der Waals surface area (Å²) in [6.07, 6.45) is 4.35. The van der Waals surface area contributed by atoms with E-state index in [0.29, 0.717) is 5.70 Å². The van der Waals surface area contributed by atoms with Crippen LogP contribution >= 0.6 is 11.3 Å². The largest absolute Gasteiger partial charge is 0.464 e. The van der Waals surface area contributed by atoms with Crippen LogP contribution in [0.1, 0.15) is 10.4 Å². The number of fused-ring (bicyclic) bond motifs is 3. The molecule has 0 atom stereocenters. The number of thiophene rings is 1. The average Bonchev–Trinajstić information content (AvgIpc) is 2.98. The van der Waals surface area contributed by atoms with Crippen LogP contribution in [0.25, 0.3) is 11.9 Å². The molecule has 2 aliphatic rings. The third-order valence-electron chi connectivity index (χ3n) is 2.45. The van der Waals surface area contributed by atoms with Crippen LogP contribution in [-0.4, -0.2) is 19.4 Å². The molecule has 0 saturated carbocycles. The third kappa shape index (κ3) is 1.20. The van der Waals surface area contributed by atoms with Gasteiger partial charge in [0.1, 0.15) is 5.70 Å². The lowest BCUT2D eigenvalue weighted by molar-refractivity contribution is -0.134. The van der Waals surface area contributed by atoms with E-state index in [1.165, 1.54) is 23.9 Å². The number of nitrogens with zero attached hydrogens (tertiary/aromatic N) is 1. The number of hydrogen-bond acceptors (Lipinski definition) is 5. The van der Waals surface area contributed by atoms with Crippen molar-refractivity contribution in [1.82, 2.24) is 5.32 Å². The standard InChI is InChI=1S/C10H8N2O2S/c1-14-10(13)8-9-6(3-11-4-12-8)5-2-7(5)15-9/h3-4H,2H2,1H3,(H,11,12). The number of methoxy groups -OCH3 is 1. The van der Waals surface area contributed by atoms with Crippen molar-refractivity contribution in [3.8, 4) is 0 Å². The fourth-order valence-electron chi connectivity index (χ4n) is 1.63. The molecule has 0 spiro atoms. The minimum Gasteiger partial charge on any atom is -0.464 e. The molecule has 5 heteroatoms. The first-order chi connectivity index (χ1) is 7.31. The van der Waals surface area contributed by atoms with E-state index in [1.54, 1.807) is 17.5 Å². The lowest BCUT2D eigenvalue weighted by Gasteiger charge is -2.01. The number of carbonyl (C=O) groups excluding carboxylic acids is 1. The van der Waals surface area contributed by atoms with Gasteiger partial charge in [0.15, 0.2) is 0 Å². The summed E-state index contributed by atoms with van der Waals surface area (Å²) in [5, 5.41) is 3.92. The van der Waals surface area contributed by atoms with E-state index in [4.69, 9.17) is 4.74 Å². The van der Waals surface area contributed by atoms with Gasteiger partial charge in [-0.1, -0.05) is 0 Å². The van der Waals surface area contributed by atoms with E-state index < -0.39 is 0 Å². The van der Waals surface area contributed by atoms with Crippen LogP contribution in [0.5, 0.6) is 0 Å². The van der Waals surface area contributed by atoms with Crippen LogP contribution in [0.2, 0.25) is 0 Å². The Morgan fingerprint density at radius 2 is 2.53 bits per heavy atom. The number of esters is 1. The van der Waals surface area contributed by atoms with Gasteiger partial charge in [0.05, 0.1) is 18.0 Å². The molecule has 1 aromatic heterocycles. The second-order valence-electron chi connectivity index (χ2n) is 3.34. The van der Waals surface area contributed by atoms with Crippen molar-refractivity contribution in [2.24, 2.45) is 4.99 Å². The minimum absolute atomic E-state index is 0.348. The Balaban J connectivity index is 2.33. The predicted octanol–water partition coefficient (Wildman–Crippen LogP) is -0.697. The Bertz CT molecular complexity index is 598. The molecule has 0 aromatic carbocycles. The van der Waals surface area contributed by atoms with Crippen LogP contribution in [0, 0.1) is 0 Å². The number of nitrogens with one attached hydrogen (secondary N) is 1. The highest BCUT2D eigenvalue weighted by Gasteiger charge is 2.25. The minimum atomic E-state index is -0.348. The van der Waals surface area contributed by atoms with Crippen molar-refractivity contribution >= 4 is 35.5 Å². The molecule has 2 heterocycles. The first-order valence-electron chi connectivity index (χ1n) is 4.53. The maximum Gasteiger partial charge on any atom is 0.356 e. The van der Waals surface area contributed by atoms with E-state index >= 15 is 0 Å². The Morgan fingerprint density at radius 3 is 3.33 bits per heavy atom. The monoisotopic (exact) mass is 220 g/mol. The quantitative estimate of drug-likeness (QED) is 0.647. The fourth-order valence-corrected chi connectivity index (χ4v) is 2.86. The lowest BCUT2D eigenvalue weighted by Crippen LogP contribution is -2.31. The van der Waals surface area contributed by atoms with Crippen LogP contribution in [-0.2, 0) is 16.0 Å². The highest BCUT2D eigenvalue weighted by atomic mass is 32.1. The van der Waals surface area contributed by atoms with Crippen molar-refractivity contribution in [3.05, 3.63) is 20.2 Å². The summed E-state index contributed by atoms with van der Waals surface area (Å²) >= 11 is 1.64. The summed E-state index contributed by atoms with van der Waals surface area (Å²) in [5.41, 5.74) is 1.81. The SMILES string of the molecule is COC(=O)C1=c2sc3c(c2=CN=CN1)C3. The molecule has 1 aromatic rings. The summed E-state index contributed by atoms with van der Waals surface area (Å²) in [5.74, 6) is -0.348. The molecule has 1 aliphatic carbocycles. The number of ether oxygens (including phenoxy) is 1. The molecule has 4 nitrogen and oxygen atoms in total. The van der Waals surface area contributed by atoms with Gasteiger partial charge in [0, 0.05) is 22.7 Å². The topological polar surface area (TPSA) is 50.7 Å². The van der Waals surface area contributed by atoms with Gasteiger partial charge >= 0.3 is 5.97 Å². The van der Waals surface area contributed by atoms with Crippen molar-refractivity contribution in [2.45, 2.75) is 6.42 Å². The Labute approximate surface area is 89.6 Å². The summed E-state index contributed by atoms with van der Waals surface area (Å²) in [6.45, 7) is 0. The average molecular weight is 220 g/mol. The maximum atomic E-state index is 11.5. The van der Waals surface area contributed by atoms with Crippen molar-refractivity contribution < 1.29 is 9.53 Å². The molecular weight excluding hydrogens is 212 g/mol. The zero-order chi connectivity index (χ0) is 10.4. The molecule has 1 aliphatic heterocycles. The smallest absolute Gasteiger partial charge is 0.356 e.